The van der Waals surface area contributed by atoms with E-state index in [1.165, 1.54) is 16.8 Å². The summed E-state index contributed by atoms with van der Waals surface area (Å²) in [5.41, 5.74) is 5.97. The minimum atomic E-state index is 1.14. The highest BCUT2D eigenvalue weighted by Gasteiger charge is 2.17. The molecule has 2 aromatic rings. The van der Waals surface area contributed by atoms with Gasteiger partial charge >= 0.3 is 0 Å². The molecule has 2 aromatic carbocycles. The lowest BCUT2D eigenvalue weighted by molar-refractivity contribution is 0.896. The van der Waals surface area contributed by atoms with E-state index in [9.17, 15) is 0 Å². The number of nitrogens with zero attached hydrogens (tertiary/aromatic N) is 1. The number of nitrogens with one attached hydrogen (secondary N) is 1. The molecule has 2 aliphatic rings. The molecule has 0 radical (unpaired) electrons. The summed E-state index contributed by atoms with van der Waals surface area (Å²) in [6, 6.07) is 27.2. The largest absolute Gasteiger partial charge is 0.292 e. The zero-order valence-electron chi connectivity index (χ0n) is 11.0. The standard InChI is InChI=1S/C18H14N2/c1-3-8-14(9-4-1)18-16-12-7-13-17(16)20(19-18)15-10-5-2-6-11-15/h1-13,19H. The van der Waals surface area contributed by atoms with Gasteiger partial charge in [0.05, 0.1) is 17.1 Å². The van der Waals surface area contributed by atoms with E-state index in [4.69, 9.17) is 0 Å². The van der Waals surface area contributed by atoms with Crippen LogP contribution < -0.4 is 0 Å². The fourth-order valence-electron chi connectivity index (χ4n) is 2.65. The first-order valence-corrected chi connectivity index (χ1v) is 6.74. The Morgan fingerprint density at radius 2 is 1.35 bits per heavy atom. The van der Waals surface area contributed by atoms with Crippen LogP contribution in [0.25, 0.3) is 28.2 Å². The third-order valence-corrected chi connectivity index (χ3v) is 3.60. The monoisotopic (exact) mass is 258 g/mol. The van der Waals surface area contributed by atoms with Gasteiger partial charge in [-0.2, -0.15) is 0 Å². The van der Waals surface area contributed by atoms with Gasteiger partial charge in [0.1, 0.15) is 0 Å². The molecule has 20 heavy (non-hydrogen) atoms. The maximum Gasteiger partial charge on any atom is 0.0724 e. The smallest absolute Gasteiger partial charge is 0.0724 e. The molecule has 0 spiro atoms. The summed E-state index contributed by atoms with van der Waals surface area (Å²) in [7, 11) is 0. The van der Waals surface area contributed by atoms with Gasteiger partial charge < -0.3 is 0 Å². The second-order valence-corrected chi connectivity index (χ2v) is 4.85. The predicted molar refractivity (Wildman–Crippen MR) is 82.2 cm³/mol. The van der Waals surface area contributed by atoms with Gasteiger partial charge in [0.15, 0.2) is 0 Å². The van der Waals surface area contributed by atoms with Gasteiger partial charge in [0.2, 0.25) is 0 Å². The summed E-state index contributed by atoms with van der Waals surface area (Å²) in [6.45, 7) is 0. The molecule has 0 saturated heterocycles. The fraction of sp³-hybridized carbons (Fsp3) is 0. The molecule has 0 atom stereocenters. The highest BCUT2D eigenvalue weighted by Crippen LogP contribution is 2.35. The average molecular weight is 258 g/mol. The van der Waals surface area contributed by atoms with Crippen LogP contribution in [-0.4, -0.2) is 9.78 Å². The average Bonchev–Trinajstić information content (AvgIpc) is 3.11. The molecule has 0 aromatic heterocycles. The summed E-state index contributed by atoms with van der Waals surface area (Å²) in [5, 5.41) is 3.52. The van der Waals surface area contributed by atoms with Gasteiger partial charge in [-0.3, -0.25) is 9.78 Å². The number of para-hydroxylation sites is 1. The molecule has 2 heteroatoms. The van der Waals surface area contributed by atoms with Gasteiger partial charge in [-0.15, -0.1) is 0 Å². The van der Waals surface area contributed by atoms with E-state index in [1.807, 2.05) is 12.1 Å². The molecule has 0 amide bonds. The molecule has 0 bridgehead atoms. The van der Waals surface area contributed by atoms with Crippen molar-refractivity contribution in [2.75, 3.05) is 0 Å². The Morgan fingerprint density at radius 1 is 0.650 bits per heavy atom. The molecular weight excluding hydrogens is 244 g/mol. The van der Waals surface area contributed by atoms with E-state index in [0.717, 1.165) is 11.4 Å². The first-order chi connectivity index (χ1) is 9.93. The highest BCUT2D eigenvalue weighted by molar-refractivity contribution is 5.82. The molecule has 1 aliphatic heterocycles. The van der Waals surface area contributed by atoms with Gasteiger partial charge in [-0.05, 0) is 18.2 Å². The van der Waals surface area contributed by atoms with Crippen LogP contribution in [0, 0.1) is 0 Å². The number of hydrogen-bond donors (Lipinski definition) is 1. The first kappa shape index (κ1) is 11.1. The molecular formula is C18H14N2. The molecule has 4 rings (SSSR count). The van der Waals surface area contributed by atoms with E-state index in [1.54, 1.807) is 0 Å². The molecule has 0 fully saturated rings. The lowest BCUT2D eigenvalue weighted by Gasteiger charge is -2.04. The molecule has 1 N–H and O–H groups in total. The number of aromatic nitrogens is 2. The number of fused-ring (bicyclic) bond motifs is 1. The Balaban J connectivity index is 1.94. The number of benzene rings is 2. The van der Waals surface area contributed by atoms with Gasteiger partial charge in [-0.25, -0.2) is 0 Å². The zero-order chi connectivity index (χ0) is 13.4. The van der Waals surface area contributed by atoms with Gasteiger partial charge in [0.25, 0.3) is 0 Å². The van der Waals surface area contributed by atoms with Crippen molar-refractivity contribution in [3.63, 3.8) is 0 Å². The summed E-state index contributed by atoms with van der Waals surface area (Å²) in [5.74, 6) is 0. The van der Waals surface area contributed by atoms with Crippen molar-refractivity contribution < 1.29 is 0 Å². The quantitative estimate of drug-likeness (QED) is 0.543. The third-order valence-electron chi connectivity index (χ3n) is 3.60. The molecule has 0 unspecified atom stereocenters. The number of rotatable bonds is 2. The molecule has 96 valence electrons. The second kappa shape index (κ2) is 4.42. The normalized spacial score (nSPS) is 11.0. The van der Waals surface area contributed by atoms with Crippen molar-refractivity contribution in [3.8, 4) is 28.2 Å². The second-order valence-electron chi connectivity index (χ2n) is 4.85. The van der Waals surface area contributed by atoms with Crippen molar-refractivity contribution in [3.05, 3.63) is 78.9 Å². The Bertz CT molecular complexity index is 728. The Kier molecular flexibility index (Phi) is 2.46. The maximum atomic E-state index is 3.52. The van der Waals surface area contributed by atoms with Crippen LogP contribution in [0.3, 0.4) is 0 Å². The minimum Gasteiger partial charge on any atom is -0.292 e. The SMILES string of the molecule is c1ccc(-c2[nH]n(-c3ccccc3)c3cccc2-3)cc1. The van der Waals surface area contributed by atoms with Crippen LogP contribution in [0.4, 0.5) is 0 Å². The van der Waals surface area contributed by atoms with Crippen LogP contribution in [0.5, 0.6) is 0 Å². The summed E-state index contributed by atoms with van der Waals surface area (Å²) in [4.78, 5) is 0. The summed E-state index contributed by atoms with van der Waals surface area (Å²) >= 11 is 0. The van der Waals surface area contributed by atoms with Gasteiger partial charge in [0, 0.05) is 11.1 Å². The first-order valence-electron chi connectivity index (χ1n) is 6.74. The van der Waals surface area contributed by atoms with Crippen LogP contribution in [0.15, 0.2) is 78.9 Å². The lowest BCUT2D eigenvalue weighted by Crippen LogP contribution is -1.96. The highest BCUT2D eigenvalue weighted by atomic mass is 15.3. The zero-order valence-corrected chi connectivity index (χ0v) is 11.0. The van der Waals surface area contributed by atoms with Crippen molar-refractivity contribution in [2.24, 2.45) is 0 Å². The Hall–Kier alpha value is -2.74. The Morgan fingerprint density at radius 3 is 2.10 bits per heavy atom. The van der Waals surface area contributed by atoms with Crippen molar-refractivity contribution in [2.45, 2.75) is 0 Å². The number of hydrogen-bond acceptors (Lipinski definition) is 0. The van der Waals surface area contributed by atoms with Crippen LogP contribution in [-0.2, 0) is 0 Å². The van der Waals surface area contributed by atoms with E-state index < -0.39 is 0 Å². The Labute approximate surface area is 117 Å². The van der Waals surface area contributed by atoms with E-state index in [-0.39, 0.29) is 0 Å². The maximum absolute atomic E-state index is 3.52. The van der Waals surface area contributed by atoms with E-state index >= 15 is 0 Å². The van der Waals surface area contributed by atoms with Crippen LogP contribution in [0.1, 0.15) is 0 Å². The summed E-state index contributed by atoms with van der Waals surface area (Å²) in [6.07, 6.45) is 0. The van der Waals surface area contributed by atoms with Gasteiger partial charge in [-0.1, -0.05) is 60.7 Å². The third kappa shape index (κ3) is 1.66. The molecule has 1 aliphatic carbocycles. The number of H-pyrrole nitrogens is 1. The molecule has 0 saturated carbocycles. The fourth-order valence-corrected chi connectivity index (χ4v) is 2.65. The lowest BCUT2D eigenvalue weighted by atomic mass is 10.1. The van der Waals surface area contributed by atoms with Crippen LogP contribution >= 0.6 is 0 Å². The molecule has 1 heterocycles. The van der Waals surface area contributed by atoms with Crippen LogP contribution in [0.2, 0.25) is 0 Å². The van der Waals surface area contributed by atoms with Crippen molar-refractivity contribution >= 4 is 0 Å². The summed E-state index contributed by atoms with van der Waals surface area (Å²) < 4.78 is 2.14. The van der Waals surface area contributed by atoms with E-state index in [0.29, 0.717) is 0 Å². The minimum absolute atomic E-state index is 1.14. The van der Waals surface area contributed by atoms with Crippen molar-refractivity contribution in [1.29, 1.82) is 0 Å². The molecule has 2 nitrogen and oxygen atoms in total. The number of aromatic amines is 1. The van der Waals surface area contributed by atoms with E-state index in [2.05, 4.69) is 76.5 Å². The predicted octanol–water partition coefficient (Wildman–Crippen LogP) is 4.58. The van der Waals surface area contributed by atoms with Crippen molar-refractivity contribution in [1.82, 2.24) is 9.78 Å². The topological polar surface area (TPSA) is 20.7 Å².